The highest BCUT2D eigenvalue weighted by Gasteiger charge is 2.25. The van der Waals surface area contributed by atoms with Gasteiger partial charge in [0.25, 0.3) is 11.8 Å². The Kier molecular flexibility index (Phi) is 6.67. The van der Waals surface area contributed by atoms with E-state index in [4.69, 9.17) is 4.74 Å². The van der Waals surface area contributed by atoms with Crippen molar-refractivity contribution in [2.75, 3.05) is 32.8 Å². The number of amides is 2. The van der Waals surface area contributed by atoms with E-state index in [9.17, 15) is 9.59 Å². The first-order valence-corrected chi connectivity index (χ1v) is 11.1. The molecular formula is C25H30N2O3. The molecule has 2 aromatic carbocycles. The quantitative estimate of drug-likeness (QED) is 0.746. The van der Waals surface area contributed by atoms with Crippen LogP contribution in [0, 0.1) is 5.92 Å². The van der Waals surface area contributed by atoms with Gasteiger partial charge in [0.05, 0.1) is 6.61 Å². The Labute approximate surface area is 178 Å². The van der Waals surface area contributed by atoms with Gasteiger partial charge < -0.3 is 14.5 Å². The number of ether oxygens (including phenoxy) is 1. The number of likely N-dealkylation sites (tertiary alicyclic amines) is 2. The molecule has 2 amide bonds. The van der Waals surface area contributed by atoms with Crippen molar-refractivity contribution in [2.45, 2.75) is 32.1 Å². The standard InChI is InChI=1S/C25H30N2O3/c28-24(26-15-5-2-6-16-26)22-11-13-23(14-12-22)30-19-20-8-7-17-27(18-20)25(29)21-9-3-1-4-10-21/h1,3-4,9-14,20H,2,5-8,15-19H2. The summed E-state index contributed by atoms with van der Waals surface area (Å²) in [7, 11) is 0. The number of benzene rings is 2. The average molecular weight is 407 g/mol. The van der Waals surface area contributed by atoms with Crippen LogP contribution < -0.4 is 4.74 Å². The number of carbonyl (C=O) groups excluding carboxylic acids is 2. The van der Waals surface area contributed by atoms with Gasteiger partial charge in [0.2, 0.25) is 0 Å². The lowest BCUT2D eigenvalue weighted by Gasteiger charge is -2.32. The third kappa shape index (κ3) is 5.02. The SMILES string of the molecule is O=C(c1ccc(OCC2CCCN(C(=O)c3ccccc3)C2)cc1)N1CCCCC1. The van der Waals surface area contributed by atoms with Crippen LogP contribution >= 0.6 is 0 Å². The van der Waals surface area contributed by atoms with Gasteiger partial charge in [-0.3, -0.25) is 9.59 Å². The highest BCUT2D eigenvalue weighted by molar-refractivity contribution is 5.94. The molecule has 0 N–H and O–H groups in total. The second kappa shape index (κ2) is 9.79. The molecule has 1 unspecified atom stereocenters. The third-order valence-corrected chi connectivity index (χ3v) is 6.06. The van der Waals surface area contributed by atoms with Crippen LogP contribution in [-0.4, -0.2) is 54.4 Å². The van der Waals surface area contributed by atoms with E-state index in [1.54, 1.807) is 0 Å². The van der Waals surface area contributed by atoms with Gasteiger partial charge in [-0.05, 0) is 68.5 Å². The Morgan fingerprint density at radius 2 is 1.40 bits per heavy atom. The normalized spacial score (nSPS) is 19.4. The lowest BCUT2D eigenvalue weighted by atomic mass is 9.98. The number of piperidine rings is 2. The van der Waals surface area contributed by atoms with Crippen molar-refractivity contribution in [3.63, 3.8) is 0 Å². The van der Waals surface area contributed by atoms with Gasteiger partial charge in [0.15, 0.2) is 0 Å². The molecule has 2 heterocycles. The molecule has 0 spiro atoms. The topological polar surface area (TPSA) is 49.9 Å². The molecule has 158 valence electrons. The largest absolute Gasteiger partial charge is 0.493 e. The van der Waals surface area contributed by atoms with Crippen LogP contribution in [0.4, 0.5) is 0 Å². The predicted molar refractivity (Wildman–Crippen MR) is 117 cm³/mol. The molecule has 0 aromatic heterocycles. The number of hydrogen-bond donors (Lipinski definition) is 0. The Morgan fingerprint density at radius 1 is 0.767 bits per heavy atom. The molecule has 1 atom stereocenters. The summed E-state index contributed by atoms with van der Waals surface area (Å²) in [5.41, 5.74) is 1.47. The Hall–Kier alpha value is -2.82. The summed E-state index contributed by atoms with van der Waals surface area (Å²) in [4.78, 5) is 29.2. The van der Waals surface area contributed by atoms with E-state index < -0.39 is 0 Å². The van der Waals surface area contributed by atoms with Crippen molar-refractivity contribution >= 4 is 11.8 Å². The minimum Gasteiger partial charge on any atom is -0.493 e. The van der Waals surface area contributed by atoms with Crippen LogP contribution in [-0.2, 0) is 0 Å². The van der Waals surface area contributed by atoms with Crippen LogP contribution in [0.3, 0.4) is 0 Å². The highest BCUT2D eigenvalue weighted by Crippen LogP contribution is 2.21. The first-order valence-electron chi connectivity index (χ1n) is 11.1. The molecule has 2 saturated heterocycles. The fourth-order valence-corrected chi connectivity index (χ4v) is 4.34. The van der Waals surface area contributed by atoms with Crippen LogP contribution in [0.15, 0.2) is 54.6 Å². The summed E-state index contributed by atoms with van der Waals surface area (Å²) >= 11 is 0. The first-order chi connectivity index (χ1) is 14.7. The fraction of sp³-hybridized carbons (Fsp3) is 0.440. The summed E-state index contributed by atoms with van der Waals surface area (Å²) in [5, 5.41) is 0. The Balaban J connectivity index is 1.29. The van der Waals surface area contributed by atoms with E-state index in [0.717, 1.165) is 68.7 Å². The van der Waals surface area contributed by atoms with Gasteiger partial charge in [-0.25, -0.2) is 0 Å². The summed E-state index contributed by atoms with van der Waals surface area (Å²) < 4.78 is 6.00. The molecule has 0 aliphatic carbocycles. The maximum Gasteiger partial charge on any atom is 0.253 e. The van der Waals surface area contributed by atoms with E-state index in [2.05, 4.69) is 0 Å². The zero-order valence-electron chi connectivity index (χ0n) is 17.5. The zero-order valence-corrected chi connectivity index (χ0v) is 17.5. The maximum atomic E-state index is 12.7. The van der Waals surface area contributed by atoms with E-state index in [1.807, 2.05) is 64.4 Å². The lowest BCUT2D eigenvalue weighted by Crippen LogP contribution is -2.41. The van der Waals surface area contributed by atoms with Crippen LogP contribution in [0.2, 0.25) is 0 Å². The third-order valence-electron chi connectivity index (χ3n) is 6.06. The summed E-state index contributed by atoms with van der Waals surface area (Å²) in [6.07, 6.45) is 5.46. The van der Waals surface area contributed by atoms with Crippen molar-refractivity contribution in [2.24, 2.45) is 5.92 Å². The van der Waals surface area contributed by atoms with Crippen LogP contribution in [0.25, 0.3) is 0 Å². The molecule has 0 radical (unpaired) electrons. The van der Waals surface area contributed by atoms with E-state index in [0.29, 0.717) is 12.5 Å². The molecule has 2 fully saturated rings. The molecule has 0 saturated carbocycles. The van der Waals surface area contributed by atoms with Gasteiger partial charge >= 0.3 is 0 Å². The number of nitrogens with zero attached hydrogens (tertiary/aromatic N) is 2. The van der Waals surface area contributed by atoms with Gasteiger partial charge in [-0.2, -0.15) is 0 Å². The van der Waals surface area contributed by atoms with Crippen molar-refractivity contribution in [3.05, 3.63) is 65.7 Å². The zero-order chi connectivity index (χ0) is 20.8. The van der Waals surface area contributed by atoms with E-state index in [-0.39, 0.29) is 11.8 Å². The lowest BCUT2D eigenvalue weighted by molar-refractivity contribution is 0.0633. The summed E-state index contributed by atoms with van der Waals surface area (Å²) in [6, 6.07) is 16.9. The van der Waals surface area contributed by atoms with Gasteiger partial charge in [0.1, 0.15) is 5.75 Å². The van der Waals surface area contributed by atoms with Crippen molar-refractivity contribution in [1.82, 2.24) is 9.80 Å². The van der Waals surface area contributed by atoms with E-state index >= 15 is 0 Å². The van der Waals surface area contributed by atoms with Gasteiger partial charge in [0, 0.05) is 43.2 Å². The van der Waals surface area contributed by atoms with Gasteiger partial charge in [-0.15, -0.1) is 0 Å². The molecule has 2 aliphatic rings. The maximum absolute atomic E-state index is 12.7. The minimum absolute atomic E-state index is 0.0980. The van der Waals surface area contributed by atoms with Crippen LogP contribution in [0.5, 0.6) is 5.75 Å². The molecule has 2 aromatic rings. The molecule has 30 heavy (non-hydrogen) atoms. The van der Waals surface area contributed by atoms with Crippen molar-refractivity contribution < 1.29 is 14.3 Å². The Bertz CT molecular complexity index is 844. The van der Waals surface area contributed by atoms with Crippen molar-refractivity contribution in [3.8, 4) is 5.75 Å². The molecule has 0 bridgehead atoms. The average Bonchev–Trinajstić information content (AvgIpc) is 2.83. The first kappa shape index (κ1) is 20.5. The Morgan fingerprint density at radius 3 is 2.13 bits per heavy atom. The number of rotatable bonds is 5. The molecule has 5 heteroatoms. The number of hydrogen-bond acceptors (Lipinski definition) is 3. The monoisotopic (exact) mass is 406 g/mol. The van der Waals surface area contributed by atoms with Crippen molar-refractivity contribution in [1.29, 1.82) is 0 Å². The summed E-state index contributed by atoms with van der Waals surface area (Å²) in [6.45, 7) is 3.82. The molecular weight excluding hydrogens is 376 g/mol. The second-order valence-corrected chi connectivity index (χ2v) is 8.31. The molecule has 2 aliphatic heterocycles. The second-order valence-electron chi connectivity index (χ2n) is 8.31. The molecule has 5 nitrogen and oxygen atoms in total. The summed E-state index contributed by atoms with van der Waals surface area (Å²) in [5.74, 6) is 1.31. The minimum atomic E-state index is 0.0980. The van der Waals surface area contributed by atoms with Gasteiger partial charge in [-0.1, -0.05) is 18.2 Å². The highest BCUT2D eigenvalue weighted by atomic mass is 16.5. The predicted octanol–water partition coefficient (Wildman–Crippen LogP) is 4.24. The molecule has 4 rings (SSSR count). The van der Waals surface area contributed by atoms with Crippen LogP contribution in [0.1, 0.15) is 52.8 Å². The number of carbonyl (C=O) groups is 2. The fourth-order valence-electron chi connectivity index (χ4n) is 4.34. The smallest absolute Gasteiger partial charge is 0.253 e. The van der Waals surface area contributed by atoms with E-state index in [1.165, 1.54) is 6.42 Å².